The number of hydrogen-bond donors (Lipinski definition) is 1. The second-order valence-electron chi connectivity index (χ2n) is 6.77. The Labute approximate surface area is 177 Å². The Hall–Kier alpha value is -2.71. The summed E-state index contributed by atoms with van der Waals surface area (Å²) < 4.78 is 5.43. The molecule has 0 saturated carbocycles. The first-order chi connectivity index (χ1) is 14.1. The minimum Gasteiger partial charge on any atom is -0.495 e. The van der Waals surface area contributed by atoms with Gasteiger partial charge < -0.3 is 15.0 Å². The Morgan fingerprint density at radius 2 is 2.17 bits per heavy atom. The van der Waals surface area contributed by atoms with Gasteiger partial charge in [0.05, 0.1) is 24.9 Å². The van der Waals surface area contributed by atoms with Gasteiger partial charge in [-0.25, -0.2) is 4.98 Å². The molecule has 1 fully saturated rings. The molecule has 0 spiro atoms. The van der Waals surface area contributed by atoms with Crippen LogP contribution in [0.1, 0.15) is 25.0 Å². The van der Waals surface area contributed by atoms with Crippen molar-refractivity contribution in [2.45, 2.75) is 25.7 Å². The maximum atomic E-state index is 12.5. The predicted molar refractivity (Wildman–Crippen MR) is 117 cm³/mol. The van der Waals surface area contributed by atoms with E-state index in [9.17, 15) is 9.59 Å². The van der Waals surface area contributed by atoms with Crippen LogP contribution in [0.4, 0.5) is 11.4 Å². The number of nitrogens with one attached hydrogen (secondary N) is 1. The molecule has 2 amide bonds. The molecule has 2 aromatic heterocycles. The van der Waals surface area contributed by atoms with E-state index in [0.29, 0.717) is 30.1 Å². The summed E-state index contributed by atoms with van der Waals surface area (Å²) >= 11 is 3.16. The first-order valence-electron chi connectivity index (χ1n) is 9.39. The third-order valence-corrected chi connectivity index (χ3v) is 6.36. The van der Waals surface area contributed by atoms with Crippen LogP contribution in [-0.2, 0) is 16.0 Å². The summed E-state index contributed by atoms with van der Waals surface area (Å²) in [5, 5.41) is 9.81. The zero-order chi connectivity index (χ0) is 20.2. The molecule has 0 unspecified atom stereocenters. The topological polar surface area (TPSA) is 71.5 Å². The number of anilines is 2. The number of aromatic nitrogens is 1. The Kier molecular flexibility index (Phi) is 5.92. The largest absolute Gasteiger partial charge is 0.495 e. The number of amides is 2. The lowest BCUT2D eigenvalue weighted by molar-refractivity contribution is -0.119. The maximum absolute atomic E-state index is 12.5. The SMILES string of the molecule is COc1ccc(NC(=O)Cc2csc(-c3ccsc3)n2)cc1N1CCCCC1=O. The van der Waals surface area contributed by atoms with E-state index in [2.05, 4.69) is 10.3 Å². The fourth-order valence-corrected chi connectivity index (χ4v) is 4.85. The molecule has 3 heterocycles. The van der Waals surface area contributed by atoms with Gasteiger partial charge in [0.15, 0.2) is 0 Å². The number of methoxy groups -OCH3 is 1. The third-order valence-electron chi connectivity index (χ3n) is 4.74. The van der Waals surface area contributed by atoms with E-state index in [1.807, 2.05) is 22.2 Å². The molecule has 1 aromatic carbocycles. The van der Waals surface area contributed by atoms with E-state index in [1.165, 1.54) is 11.3 Å². The first-order valence-corrected chi connectivity index (χ1v) is 11.2. The number of ether oxygens (including phenoxy) is 1. The van der Waals surface area contributed by atoms with Crippen LogP contribution >= 0.6 is 22.7 Å². The molecule has 1 saturated heterocycles. The lowest BCUT2D eigenvalue weighted by atomic mass is 10.1. The number of thiazole rings is 1. The Bertz CT molecular complexity index is 1010. The van der Waals surface area contributed by atoms with Crippen molar-refractivity contribution < 1.29 is 14.3 Å². The van der Waals surface area contributed by atoms with Gasteiger partial charge in [-0.15, -0.1) is 11.3 Å². The number of rotatable bonds is 6. The molecule has 1 aliphatic rings. The van der Waals surface area contributed by atoms with Crippen molar-refractivity contribution in [2.24, 2.45) is 0 Å². The normalized spacial score (nSPS) is 14.1. The van der Waals surface area contributed by atoms with Gasteiger partial charge >= 0.3 is 0 Å². The molecule has 1 N–H and O–H groups in total. The van der Waals surface area contributed by atoms with Crippen molar-refractivity contribution in [1.82, 2.24) is 4.98 Å². The molecule has 29 heavy (non-hydrogen) atoms. The lowest BCUT2D eigenvalue weighted by Crippen LogP contribution is -2.35. The van der Waals surface area contributed by atoms with Gasteiger partial charge in [0.2, 0.25) is 11.8 Å². The molecule has 1 aliphatic heterocycles. The molecule has 0 aliphatic carbocycles. The van der Waals surface area contributed by atoms with Crippen molar-refractivity contribution in [1.29, 1.82) is 0 Å². The van der Waals surface area contributed by atoms with Crippen LogP contribution in [-0.4, -0.2) is 30.5 Å². The summed E-state index contributed by atoms with van der Waals surface area (Å²) in [5.74, 6) is 0.563. The van der Waals surface area contributed by atoms with Gasteiger partial charge in [-0.2, -0.15) is 11.3 Å². The van der Waals surface area contributed by atoms with Crippen LogP contribution in [0.15, 0.2) is 40.4 Å². The smallest absolute Gasteiger partial charge is 0.230 e. The lowest BCUT2D eigenvalue weighted by Gasteiger charge is -2.28. The van der Waals surface area contributed by atoms with Gasteiger partial charge in [0.25, 0.3) is 0 Å². The van der Waals surface area contributed by atoms with Crippen molar-refractivity contribution in [3.8, 4) is 16.3 Å². The number of carbonyl (C=O) groups is 2. The number of hydrogen-bond acceptors (Lipinski definition) is 6. The summed E-state index contributed by atoms with van der Waals surface area (Å²) in [6.45, 7) is 0.663. The highest BCUT2D eigenvalue weighted by Crippen LogP contribution is 2.33. The number of nitrogens with zero attached hydrogens (tertiary/aromatic N) is 2. The maximum Gasteiger partial charge on any atom is 0.230 e. The van der Waals surface area contributed by atoms with Crippen molar-refractivity contribution in [2.75, 3.05) is 23.9 Å². The molecule has 0 bridgehead atoms. The Morgan fingerprint density at radius 1 is 1.28 bits per heavy atom. The van der Waals surface area contributed by atoms with Gasteiger partial charge in [-0.3, -0.25) is 9.59 Å². The minimum absolute atomic E-state index is 0.0847. The fourth-order valence-electron chi connectivity index (χ4n) is 3.32. The van der Waals surface area contributed by atoms with Crippen molar-refractivity contribution in [3.05, 3.63) is 46.1 Å². The van der Waals surface area contributed by atoms with E-state index in [-0.39, 0.29) is 18.2 Å². The molecule has 150 valence electrons. The predicted octanol–water partition coefficient (Wildman–Crippen LogP) is 4.58. The summed E-state index contributed by atoms with van der Waals surface area (Å²) in [4.78, 5) is 31.1. The molecule has 0 radical (unpaired) electrons. The standard InChI is InChI=1S/C21H21N3O3S2/c1-27-18-6-5-15(10-17(18)24-8-3-2-4-20(24)26)22-19(25)11-16-13-29-21(23-16)14-7-9-28-12-14/h5-7,9-10,12-13H,2-4,8,11H2,1H3,(H,22,25). The second kappa shape index (κ2) is 8.75. The average Bonchev–Trinajstić information content (AvgIpc) is 3.40. The van der Waals surface area contributed by atoms with Crippen LogP contribution in [0, 0.1) is 0 Å². The third kappa shape index (κ3) is 4.49. The average molecular weight is 428 g/mol. The summed E-state index contributed by atoms with van der Waals surface area (Å²) in [6, 6.07) is 7.39. The number of thiophene rings is 1. The number of piperidine rings is 1. The van der Waals surface area contributed by atoms with Crippen LogP contribution in [0.3, 0.4) is 0 Å². The zero-order valence-electron chi connectivity index (χ0n) is 16.0. The minimum atomic E-state index is -0.145. The Balaban J connectivity index is 1.47. The van der Waals surface area contributed by atoms with Crippen LogP contribution < -0.4 is 15.0 Å². The van der Waals surface area contributed by atoms with Gasteiger partial charge in [-0.1, -0.05) is 0 Å². The molecular weight excluding hydrogens is 406 g/mol. The van der Waals surface area contributed by atoms with Crippen LogP contribution in [0.5, 0.6) is 5.75 Å². The molecule has 8 heteroatoms. The van der Waals surface area contributed by atoms with Gasteiger partial charge in [0.1, 0.15) is 10.8 Å². The van der Waals surface area contributed by atoms with Gasteiger partial charge in [-0.05, 0) is 42.5 Å². The van der Waals surface area contributed by atoms with Crippen molar-refractivity contribution >= 4 is 45.9 Å². The summed E-state index contributed by atoms with van der Waals surface area (Å²) in [5.41, 5.74) is 3.16. The van der Waals surface area contributed by atoms with E-state index >= 15 is 0 Å². The highest BCUT2D eigenvalue weighted by molar-refractivity contribution is 7.14. The van der Waals surface area contributed by atoms with E-state index < -0.39 is 0 Å². The monoisotopic (exact) mass is 427 g/mol. The van der Waals surface area contributed by atoms with Crippen molar-refractivity contribution in [3.63, 3.8) is 0 Å². The highest BCUT2D eigenvalue weighted by atomic mass is 32.1. The van der Waals surface area contributed by atoms with Crippen LogP contribution in [0.2, 0.25) is 0 Å². The number of benzene rings is 1. The quantitative estimate of drug-likeness (QED) is 0.625. The second-order valence-corrected chi connectivity index (χ2v) is 8.41. The van der Waals surface area contributed by atoms with Gasteiger partial charge in [0, 0.05) is 35.0 Å². The van der Waals surface area contributed by atoms with E-state index in [4.69, 9.17) is 4.74 Å². The zero-order valence-corrected chi connectivity index (χ0v) is 17.6. The Morgan fingerprint density at radius 3 is 2.93 bits per heavy atom. The molecule has 6 nitrogen and oxygen atoms in total. The fraction of sp³-hybridized carbons (Fsp3) is 0.286. The summed E-state index contributed by atoms with van der Waals surface area (Å²) in [7, 11) is 1.58. The molecule has 4 rings (SSSR count). The van der Waals surface area contributed by atoms with E-state index in [1.54, 1.807) is 41.5 Å². The highest BCUT2D eigenvalue weighted by Gasteiger charge is 2.23. The van der Waals surface area contributed by atoms with E-state index in [0.717, 1.165) is 29.1 Å². The molecular formula is C21H21N3O3S2. The first kappa shape index (κ1) is 19.6. The summed E-state index contributed by atoms with van der Waals surface area (Å²) in [6.07, 6.45) is 2.61. The number of carbonyl (C=O) groups excluding carboxylic acids is 2. The molecule has 0 atom stereocenters. The molecule has 3 aromatic rings. The van der Waals surface area contributed by atoms with Crippen LogP contribution in [0.25, 0.3) is 10.6 Å².